The van der Waals surface area contributed by atoms with E-state index in [1.54, 1.807) is 7.11 Å². The zero-order valence-corrected chi connectivity index (χ0v) is 14.4. The average Bonchev–Trinajstić information content (AvgIpc) is 2.50. The third kappa shape index (κ3) is 5.14. The molecule has 0 aromatic carbocycles. The molecule has 1 heterocycles. The van der Waals surface area contributed by atoms with Gasteiger partial charge in [0.05, 0.1) is 5.69 Å². The molecule has 126 valence electrons. The van der Waals surface area contributed by atoms with Crippen molar-refractivity contribution in [1.29, 1.82) is 0 Å². The Hall–Kier alpha value is -1.33. The van der Waals surface area contributed by atoms with Crippen LogP contribution in [0.2, 0.25) is 0 Å². The van der Waals surface area contributed by atoms with E-state index in [1.807, 2.05) is 11.5 Å². The first-order valence-electron chi connectivity index (χ1n) is 8.18. The Morgan fingerprint density at radius 1 is 1.32 bits per heavy atom. The Balaban J connectivity index is 3.04. The number of nitrogens with zero attached hydrogens (tertiary/aromatic N) is 2. The highest BCUT2D eigenvalue weighted by molar-refractivity contribution is 5.29. The van der Waals surface area contributed by atoms with Crippen LogP contribution in [0.1, 0.15) is 44.5 Å². The summed E-state index contributed by atoms with van der Waals surface area (Å²) in [7, 11) is 1.68. The predicted octanol–water partition coefficient (Wildman–Crippen LogP) is 2.52. The maximum Gasteiger partial charge on any atom is 0.223 e. The lowest BCUT2D eigenvalue weighted by atomic mass is 10.2. The van der Waals surface area contributed by atoms with E-state index in [0.717, 1.165) is 50.3 Å². The normalized spacial score (nSPS) is 11.3. The largest absolute Gasteiger partial charge is 0.503 e. The number of ether oxygens (including phenoxy) is 1. The number of aromatic hydroxyl groups is 1. The van der Waals surface area contributed by atoms with Crippen LogP contribution in [0.15, 0.2) is 10.9 Å². The minimum atomic E-state index is -0.290. The fourth-order valence-electron chi connectivity index (χ4n) is 2.60. The first-order valence-corrected chi connectivity index (χ1v) is 8.18. The molecular formula is C17H30N2O3. The molecule has 0 atom stereocenters. The average molecular weight is 310 g/mol. The molecule has 0 aliphatic rings. The van der Waals surface area contributed by atoms with E-state index >= 15 is 0 Å². The van der Waals surface area contributed by atoms with Gasteiger partial charge in [0, 0.05) is 38.6 Å². The molecule has 1 aromatic rings. The van der Waals surface area contributed by atoms with Crippen LogP contribution in [0.4, 0.5) is 0 Å². The lowest BCUT2D eigenvalue weighted by Crippen LogP contribution is -2.28. The summed E-state index contributed by atoms with van der Waals surface area (Å²) >= 11 is 0. The zero-order chi connectivity index (χ0) is 16.5. The number of pyridine rings is 1. The van der Waals surface area contributed by atoms with Gasteiger partial charge in [0.15, 0.2) is 5.75 Å². The molecule has 1 rings (SSSR count). The van der Waals surface area contributed by atoms with Gasteiger partial charge in [0.2, 0.25) is 5.43 Å². The van der Waals surface area contributed by atoms with Gasteiger partial charge in [-0.3, -0.25) is 9.69 Å². The third-order valence-electron chi connectivity index (χ3n) is 3.98. The molecule has 0 aliphatic heterocycles. The van der Waals surface area contributed by atoms with Crippen molar-refractivity contribution in [3.05, 3.63) is 27.7 Å². The van der Waals surface area contributed by atoms with E-state index in [-0.39, 0.29) is 11.2 Å². The summed E-state index contributed by atoms with van der Waals surface area (Å²) in [6, 6.07) is 1.51. The SMILES string of the molecule is CCCCN(CC)Cc1c(O)c(=O)cc(C)n1CCCOC. The van der Waals surface area contributed by atoms with Crippen molar-refractivity contribution < 1.29 is 9.84 Å². The van der Waals surface area contributed by atoms with Crippen LogP contribution >= 0.6 is 0 Å². The Morgan fingerprint density at radius 3 is 2.64 bits per heavy atom. The second-order valence-corrected chi connectivity index (χ2v) is 5.67. The van der Waals surface area contributed by atoms with Gasteiger partial charge in [0.1, 0.15) is 0 Å². The highest BCUT2D eigenvalue weighted by Gasteiger charge is 2.15. The summed E-state index contributed by atoms with van der Waals surface area (Å²) in [6.07, 6.45) is 3.11. The van der Waals surface area contributed by atoms with Crippen molar-refractivity contribution in [2.45, 2.75) is 53.1 Å². The van der Waals surface area contributed by atoms with Gasteiger partial charge in [-0.2, -0.15) is 0 Å². The molecule has 0 bridgehead atoms. The van der Waals surface area contributed by atoms with Crippen LogP contribution in [0.25, 0.3) is 0 Å². The smallest absolute Gasteiger partial charge is 0.223 e. The second-order valence-electron chi connectivity index (χ2n) is 5.67. The lowest BCUT2D eigenvalue weighted by molar-refractivity contribution is 0.188. The fourth-order valence-corrected chi connectivity index (χ4v) is 2.60. The molecule has 0 saturated carbocycles. The first kappa shape index (κ1) is 18.7. The number of aryl methyl sites for hydroxylation is 1. The van der Waals surface area contributed by atoms with Crippen molar-refractivity contribution in [1.82, 2.24) is 9.47 Å². The van der Waals surface area contributed by atoms with Crippen LogP contribution < -0.4 is 5.43 Å². The minimum absolute atomic E-state index is 0.113. The molecule has 0 unspecified atom stereocenters. The van der Waals surface area contributed by atoms with E-state index in [1.165, 1.54) is 6.07 Å². The molecule has 0 amide bonds. The molecule has 5 heteroatoms. The highest BCUT2D eigenvalue weighted by atomic mass is 16.5. The minimum Gasteiger partial charge on any atom is -0.503 e. The van der Waals surface area contributed by atoms with Crippen molar-refractivity contribution in [3.8, 4) is 5.75 Å². The van der Waals surface area contributed by atoms with Crippen LogP contribution in [0.5, 0.6) is 5.75 Å². The summed E-state index contributed by atoms with van der Waals surface area (Å²) in [5, 5.41) is 10.2. The molecular weight excluding hydrogens is 280 g/mol. The Kier molecular flexibility index (Phi) is 8.20. The first-order chi connectivity index (χ1) is 10.5. The van der Waals surface area contributed by atoms with Gasteiger partial charge < -0.3 is 14.4 Å². The molecule has 0 aliphatic carbocycles. The van der Waals surface area contributed by atoms with Gasteiger partial charge in [-0.15, -0.1) is 0 Å². The molecule has 1 aromatic heterocycles. The summed E-state index contributed by atoms with van der Waals surface area (Å²) < 4.78 is 7.15. The quantitative estimate of drug-likeness (QED) is 0.675. The molecule has 5 nitrogen and oxygen atoms in total. The summed E-state index contributed by atoms with van der Waals surface area (Å²) in [5.74, 6) is -0.113. The topological polar surface area (TPSA) is 54.7 Å². The van der Waals surface area contributed by atoms with Crippen molar-refractivity contribution in [3.63, 3.8) is 0 Å². The van der Waals surface area contributed by atoms with Crippen molar-refractivity contribution >= 4 is 0 Å². The van der Waals surface area contributed by atoms with E-state index in [0.29, 0.717) is 13.2 Å². The summed E-state index contributed by atoms with van der Waals surface area (Å²) in [4.78, 5) is 14.2. The standard InChI is InChI=1S/C17H30N2O3/c1-5-7-9-18(6-2)13-15-17(21)16(20)12-14(3)19(15)10-8-11-22-4/h12,21H,5-11,13H2,1-4H3. The zero-order valence-electron chi connectivity index (χ0n) is 14.4. The Bertz CT molecular complexity index is 511. The van der Waals surface area contributed by atoms with E-state index in [4.69, 9.17) is 4.74 Å². The molecule has 0 saturated heterocycles. The van der Waals surface area contributed by atoms with Gasteiger partial charge in [-0.25, -0.2) is 0 Å². The molecule has 1 N–H and O–H groups in total. The number of aromatic nitrogens is 1. The van der Waals surface area contributed by atoms with Gasteiger partial charge in [0.25, 0.3) is 0 Å². The van der Waals surface area contributed by atoms with Crippen LogP contribution in [0, 0.1) is 6.92 Å². The van der Waals surface area contributed by atoms with E-state index < -0.39 is 0 Å². The fraction of sp³-hybridized carbons (Fsp3) is 0.706. The number of unbranched alkanes of at least 4 members (excludes halogenated alkanes) is 1. The number of hydrogen-bond donors (Lipinski definition) is 1. The third-order valence-corrected chi connectivity index (χ3v) is 3.98. The molecule has 22 heavy (non-hydrogen) atoms. The van der Waals surface area contributed by atoms with Crippen LogP contribution in [-0.2, 0) is 17.8 Å². The second kappa shape index (κ2) is 9.64. The molecule has 0 fully saturated rings. The number of rotatable bonds is 10. The molecule has 0 spiro atoms. The van der Waals surface area contributed by atoms with Crippen LogP contribution in [0.3, 0.4) is 0 Å². The van der Waals surface area contributed by atoms with Crippen LogP contribution in [-0.4, -0.2) is 41.4 Å². The van der Waals surface area contributed by atoms with Crippen molar-refractivity contribution in [2.24, 2.45) is 0 Å². The Morgan fingerprint density at radius 2 is 2.05 bits per heavy atom. The van der Waals surface area contributed by atoms with Crippen molar-refractivity contribution in [2.75, 3.05) is 26.8 Å². The maximum atomic E-state index is 11.9. The van der Waals surface area contributed by atoms with Gasteiger partial charge in [-0.05, 0) is 32.9 Å². The number of hydrogen-bond acceptors (Lipinski definition) is 4. The highest BCUT2D eigenvalue weighted by Crippen LogP contribution is 2.18. The van der Waals surface area contributed by atoms with E-state index in [2.05, 4.69) is 18.7 Å². The molecule has 0 radical (unpaired) electrons. The van der Waals surface area contributed by atoms with Gasteiger partial charge in [-0.1, -0.05) is 20.3 Å². The van der Waals surface area contributed by atoms with Gasteiger partial charge >= 0.3 is 0 Å². The maximum absolute atomic E-state index is 11.9. The lowest BCUT2D eigenvalue weighted by Gasteiger charge is -2.24. The summed E-state index contributed by atoms with van der Waals surface area (Å²) in [6.45, 7) is 10.1. The predicted molar refractivity (Wildman–Crippen MR) is 89.5 cm³/mol. The monoisotopic (exact) mass is 310 g/mol. The Labute approximate surface area is 133 Å². The number of methoxy groups -OCH3 is 1. The summed E-state index contributed by atoms with van der Waals surface area (Å²) in [5.41, 5.74) is 1.32. The van der Waals surface area contributed by atoms with E-state index in [9.17, 15) is 9.90 Å².